The molecule has 112 valence electrons. The van der Waals surface area contributed by atoms with Crippen LogP contribution in [0.15, 0.2) is 35.4 Å². The van der Waals surface area contributed by atoms with Gasteiger partial charge in [-0.1, -0.05) is 0 Å². The fourth-order valence-electron chi connectivity index (χ4n) is 1.65. The van der Waals surface area contributed by atoms with Gasteiger partial charge in [0.25, 0.3) is 10.0 Å². The number of rotatable bonds is 4. The van der Waals surface area contributed by atoms with E-state index in [2.05, 4.69) is 4.98 Å². The Morgan fingerprint density at radius 2 is 1.81 bits per heavy atom. The molecule has 5 nitrogen and oxygen atoms in total. The smallest absolute Gasteiger partial charge is 0.263 e. The molecule has 1 heterocycles. The quantitative estimate of drug-likeness (QED) is 0.900. The van der Waals surface area contributed by atoms with E-state index >= 15 is 0 Å². The van der Waals surface area contributed by atoms with Crippen LogP contribution in [0.1, 0.15) is 5.69 Å². The van der Waals surface area contributed by atoms with Gasteiger partial charge >= 0.3 is 0 Å². The highest BCUT2D eigenvalue weighted by molar-refractivity contribution is 7.92. The lowest BCUT2D eigenvalue weighted by Gasteiger charge is -2.12. The first kappa shape index (κ1) is 15.3. The number of nitrogens with zero attached hydrogens (tertiary/aromatic N) is 1. The summed E-state index contributed by atoms with van der Waals surface area (Å²) in [6.07, 6.45) is 1.33. The summed E-state index contributed by atoms with van der Waals surface area (Å²) in [5.41, 5.74) is 4.43. The van der Waals surface area contributed by atoms with Crippen LogP contribution in [0.4, 0.5) is 18.9 Å². The van der Waals surface area contributed by atoms with Crippen LogP contribution in [-0.4, -0.2) is 13.4 Å². The van der Waals surface area contributed by atoms with E-state index in [0.717, 1.165) is 0 Å². The minimum absolute atomic E-state index is 0.0351. The normalized spacial score (nSPS) is 11.4. The third kappa shape index (κ3) is 3.14. The van der Waals surface area contributed by atoms with Crippen molar-refractivity contribution in [2.45, 2.75) is 11.4 Å². The van der Waals surface area contributed by atoms with E-state index in [0.29, 0.717) is 12.1 Å². The van der Waals surface area contributed by atoms with Crippen LogP contribution in [0.3, 0.4) is 0 Å². The second kappa shape index (κ2) is 5.70. The predicted molar refractivity (Wildman–Crippen MR) is 69.3 cm³/mol. The molecule has 0 aliphatic rings. The van der Waals surface area contributed by atoms with E-state index in [1.807, 2.05) is 0 Å². The number of nitrogens with two attached hydrogens (primary N) is 1. The van der Waals surface area contributed by atoms with Crippen molar-refractivity contribution in [1.29, 1.82) is 0 Å². The molecule has 0 fully saturated rings. The van der Waals surface area contributed by atoms with Gasteiger partial charge in [0.15, 0.2) is 11.6 Å². The molecule has 2 aromatic rings. The number of halogens is 3. The number of hydrogen-bond acceptors (Lipinski definition) is 4. The van der Waals surface area contributed by atoms with Crippen molar-refractivity contribution in [2.75, 3.05) is 4.72 Å². The minimum atomic E-state index is -4.31. The predicted octanol–water partition coefficient (Wildman–Crippen LogP) is 1.76. The number of benzene rings is 1. The Bertz CT molecular complexity index is 758. The largest absolute Gasteiger partial charge is 0.325 e. The van der Waals surface area contributed by atoms with Crippen molar-refractivity contribution in [3.63, 3.8) is 0 Å². The van der Waals surface area contributed by atoms with Gasteiger partial charge in [0, 0.05) is 24.9 Å². The lowest BCUT2D eigenvalue weighted by Crippen LogP contribution is -2.18. The summed E-state index contributed by atoms with van der Waals surface area (Å²) in [6.45, 7) is -0.175. The molecule has 0 unspecified atom stereocenters. The zero-order valence-electron chi connectivity index (χ0n) is 10.5. The van der Waals surface area contributed by atoms with Crippen molar-refractivity contribution in [1.82, 2.24) is 4.98 Å². The number of sulfonamides is 1. The van der Waals surface area contributed by atoms with Crippen LogP contribution in [0.5, 0.6) is 0 Å². The van der Waals surface area contributed by atoms with Crippen molar-refractivity contribution in [3.05, 3.63) is 53.6 Å². The molecule has 21 heavy (non-hydrogen) atoms. The zero-order chi connectivity index (χ0) is 15.6. The van der Waals surface area contributed by atoms with Gasteiger partial charge in [-0.2, -0.15) is 0 Å². The van der Waals surface area contributed by atoms with Gasteiger partial charge in [-0.25, -0.2) is 21.6 Å². The molecule has 0 amide bonds. The number of pyridine rings is 1. The molecule has 2 rings (SSSR count). The zero-order valence-corrected chi connectivity index (χ0v) is 11.3. The number of hydrogen-bond donors (Lipinski definition) is 2. The maximum Gasteiger partial charge on any atom is 0.263 e. The molecule has 0 saturated carbocycles. The second-order valence-electron chi connectivity index (χ2n) is 4.00. The molecule has 1 aromatic heterocycles. The Balaban J connectivity index is 2.48. The fourth-order valence-corrected chi connectivity index (χ4v) is 2.93. The average Bonchev–Trinajstić information content (AvgIpc) is 2.43. The van der Waals surface area contributed by atoms with Crippen LogP contribution >= 0.6 is 0 Å². The number of anilines is 1. The maximum atomic E-state index is 13.5. The Morgan fingerprint density at radius 3 is 2.38 bits per heavy atom. The van der Waals surface area contributed by atoms with Crippen LogP contribution in [0, 0.1) is 17.5 Å². The van der Waals surface area contributed by atoms with E-state index in [-0.39, 0.29) is 17.1 Å². The molecule has 0 spiro atoms. The van der Waals surface area contributed by atoms with E-state index < -0.39 is 33.2 Å². The summed E-state index contributed by atoms with van der Waals surface area (Å²) in [6, 6.07) is 3.27. The van der Waals surface area contributed by atoms with Gasteiger partial charge in [-0.15, -0.1) is 0 Å². The van der Waals surface area contributed by atoms with Gasteiger partial charge in [0.2, 0.25) is 0 Å². The monoisotopic (exact) mass is 317 g/mol. The van der Waals surface area contributed by atoms with Gasteiger partial charge in [0.1, 0.15) is 16.4 Å². The third-order valence-corrected chi connectivity index (χ3v) is 4.00. The topological polar surface area (TPSA) is 85.1 Å². The Labute approximate surface area is 118 Å². The molecular formula is C12H10F3N3O2S. The lowest BCUT2D eigenvalue weighted by atomic mass is 10.3. The highest BCUT2D eigenvalue weighted by atomic mass is 32.2. The standard InChI is InChI=1S/C12H10F3N3O2S/c13-7-4-8(14)12(9(15)5-7)18-21(19,20)11-2-1-3-17-10(11)6-16/h1-5,18H,6,16H2. The molecule has 0 aliphatic heterocycles. The molecule has 0 saturated heterocycles. The highest BCUT2D eigenvalue weighted by Crippen LogP contribution is 2.24. The Morgan fingerprint density at radius 1 is 1.19 bits per heavy atom. The number of aromatic nitrogens is 1. The molecular weight excluding hydrogens is 307 g/mol. The van der Waals surface area contributed by atoms with Crippen molar-refractivity contribution in [2.24, 2.45) is 5.73 Å². The molecule has 0 radical (unpaired) electrons. The van der Waals surface area contributed by atoms with Crippen LogP contribution < -0.4 is 10.5 Å². The first-order valence-electron chi connectivity index (χ1n) is 5.66. The number of nitrogens with one attached hydrogen (secondary N) is 1. The van der Waals surface area contributed by atoms with E-state index in [4.69, 9.17) is 5.73 Å². The highest BCUT2D eigenvalue weighted by Gasteiger charge is 2.22. The van der Waals surface area contributed by atoms with Crippen LogP contribution in [0.25, 0.3) is 0 Å². The minimum Gasteiger partial charge on any atom is -0.325 e. The summed E-state index contributed by atoms with van der Waals surface area (Å²) in [4.78, 5) is 3.46. The van der Waals surface area contributed by atoms with Crippen LogP contribution in [-0.2, 0) is 16.6 Å². The summed E-state index contributed by atoms with van der Waals surface area (Å²) in [5.74, 6) is -3.89. The summed E-state index contributed by atoms with van der Waals surface area (Å²) < 4.78 is 65.8. The summed E-state index contributed by atoms with van der Waals surface area (Å²) in [7, 11) is -4.31. The first-order valence-corrected chi connectivity index (χ1v) is 7.15. The van der Waals surface area contributed by atoms with Crippen molar-refractivity contribution < 1.29 is 21.6 Å². The molecule has 0 atom stereocenters. The van der Waals surface area contributed by atoms with Crippen molar-refractivity contribution >= 4 is 15.7 Å². The van der Waals surface area contributed by atoms with Gasteiger partial charge in [-0.3, -0.25) is 9.71 Å². The molecule has 1 aromatic carbocycles. The van der Waals surface area contributed by atoms with E-state index in [1.54, 1.807) is 4.72 Å². The van der Waals surface area contributed by atoms with E-state index in [1.165, 1.54) is 18.3 Å². The van der Waals surface area contributed by atoms with Crippen LogP contribution in [0.2, 0.25) is 0 Å². The Hall–Kier alpha value is -2.13. The van der Waals surface area contributed by atoms with E-state index in [9.17, 15) is 21.6 Å². The Kier molecular flexibility index (Phi) is 4.14. The second-order valence-corrected chi connectivity index (χ2v) is 5.65. The first-order chi connectivity index (χ1) is 9.85. The SMILES string of the molecule is NCc1ncccc1S(=O)(=O)Nc1c(F)cc(F)cc1F. The van der Waals surface area contributed by atoms with Crippen molar-refractivity contribution in [3.8, 4) is 0 Å². The summed E-state index contributed by atoms with van der Waals surface area (Å²) >= 11 is 0. The lowest BCUT2D eigenvalue weighted by molar-refractivity contribution is 0.547. The third-order valence-electron chi connectivity index (χ3n) is 2.57. The maximum absolute atomic E-state index is 13.5. The fraction of sp³-hybridized carbons (Fsp3) is 0.0833. The van der Waals surface area contributed by atoms with Gasteiger partial charge in [0.05, 0.1) is 5.69 Å². The summed E-state index contributed by atoms with van der Waals surface area (Å²) in [5, 5.41) is 0. The molecule has 0 bridgehead atoms. The average molecular weight is 317 g/mol. The van der Waals surface area contributed by atoms with Gasteiger partial charge < -0.3 is 5.73 Å². The molecule has 9 heteroatoms. The van der Waals surface area contributed by atoms with Gasteiger partial charge in [-0.05, 0) is 12.1 Å². The molecule has 0 aliphatic carbocycles. The molecule has 3 N–H and O–H groups in total.